The van der Waals surface area contributed by atoms with Crippen LogP contribution in [0, 0.1) is 0 Å². The van der Waals surface area contributed by atoms with Gasteiger partial charge < -0.3 is 10.2 Å². The normalized spacial score (nSPS) is 17.2. The van der Waals surface area contributed by atoms with Crippen molar-refractivity contribution in [2.75, 3.05) is 18.0 Å². The zero-order valence-electron chi connectivity index (χ0n) is 9.52. The molecule has 2 heterocycles. The molecule has 0 radical (unpaired) electrons. The van der Waals surface area contributed by atoms with E-state index in [1.54, 1.807) is 6.92 Å². The van der Waals surface area contributed by atoms with Crippen molar-refractivity contribution in [2.24, 2.45) is 0 Å². The van der Waals surface area contributed by atoms with Crippen LogP contribution in [0.15, 0.2) is 24.5 Å². The van der Waals surface area contributed by atoms with Crippen molar-refractivity contribution in [1.82, 2.24) is 10.3 Å². The van der Waals surface area contributed by atoms with E-state index in [-0.39, 0.29) is 5.91 Å². The third kappa shape index (κ3) is 2.72. The summed E-state index contributed by atoms with van der Waals surface area (Å²) in [6.45, 7) is 3.57. The molecule has 0 spiro atoms. The molecule has 0 bridgehead atoms. The molecule has 1 amide bonds. The summed E-state index contributed by atoms with van der Waals surface area (Å²) in [4.78, 5) is 17.3. The summed E-state index contributed by atoms with van der Waals surface area (Å²) < 4.78 is 0. The van der Waals surface area contributed by atoms with Gasteiger partial charge in [-0.1, -0.05) is 0 Å². The fourth-order valence-electron chi connectivity index (χ4n) is 2.12. The van der Waals surface area contributed by atoms with Gasteiger partial charge in [-0.3, -0.25) is 9.78 Å². The molecule has 0 atom stereocenters. The van der Waals surface area contributed by atoms with Gasteiger partial charge in [0.25, 0.3) is 0 Å². The van der Waals surface area contributed by atoms with Gasteiger partial charge in [0.05, 0.1) is 0 Å². The Kier molecular flexibility index (Phi) is 3.39. The maximum absolute atomic E-state index is 10.9. The highest BCUT2D eigenvalue weighted by Crippen LogP contribution is 2.18. The second-order valence-electron chi connectivity index (χ2n) is 4.17. The smallest absolute Gasteiger partial charge is 0.217 e. The number of nitrogens with one attached hydrogen (secondary N) is 1. The molecule has 0 unspecified atom stereocenters. The first kappa shape index (κ1) is 10.9. The molecule has 1 saturated heterocycles. The molecule has 0 saturated carbocycles. The van der Waals surface area contributed by atoms with Crippen molar-refractivity contribution in [1.29, 1.82) is 0 Å². The molecule has 16 heavy (non-hydrogen) atoms. The van der Waals surface area contributed by atoms with Crippen molar-refractivity contribution < 1.29 is 4.79 Å². The average Bonchev–Trinajstić information content (AvgIpc) is 2.30. The van der Waals surface area contributed by atoms with Crippen LogP contribution in [0.2, 0.25) is 0 Å². The molecule has 0 aromatic carbocycles. The Morgan fingerprint density at radius 2 is 2.00 bits per heavy atom. The minimum Gasteiger partial charge on any atom is -0.371 e. The average molecular weight is 219 g/mol. The third-order valence-electron chi connectivity index (χ3n) is 2.93. The number of anilines is 1. The molecule has 1 aliphatic heterocycles. The zero-order chi connectivity index (χ0) is 11.4. The zero-order valence-corrected chi connectivity index (χ0v) is 9.52. The van der Waals surface area contributed by atoms with E-state index >= 15 is 0 Å². The van der Waals surface area contributed by atoms with E-state index in [1.807, 2.05) is 24.5 Å². The number of pyridine rings is 1. The minimum atomic E-state index is 0.0716. The van der Waals surface area contributed by atoms with E-state index in [9.17, 15) is 4.79 Å². The van der Waals surface area contributed by atoms with E-state index in [4.69, 9.17) is 0 Å². The second kappa shape index (κ2) is 4.96. The standard InChI is InChI=1S/C12H17N3O/c1-10(16)14-11-4-8-15(9-5-11)12-2-6-13-7-3-12/h2-3,6-7,11H,4-5,8-9H2,1H3,(H,14,16). The molecule has 1 aromatic rings. The highest BCUT2D eigenvalue weighted by molar-refractivity contribution is 5.73. The quantitative estimate of drug-likeness (QED) is 0.812. The number of carbonyl (C=O) groups excluding carboxylic acids is 1. The Morgan fingerprint density at radius 3 is 2.56 bits per heavy atom. The summed E-state index contributed by atoms with van der Waals surface area (Å²) in [5.41, 5.74) is 1.22. The monoisotopic (exact) mass is 219 g/mol. The summed E-state index contributed by atoms with van der Waals surface area (Å²) in [5, 5.41) is 2.98. The molecule has 0 aliphatic carbocycles. The van der Waals surface area contributed by atoms with Crippen molar-refractivity contribution in [3.8, 4) is 0 Å². The van der Waals surface area contributed by atoms with Gasteiger partial charge >= 0.3 is 0 Å². The maximum atomic E-state index is 10.9. The van der Waals surface area contributed by atoms with Crippen LogP contribution in [-0.4, -0.2) is 30.0 Å². The lowest BCUT2D eigenvalue weighted by Gasteiger charge is -2.33. The summed E-state index contributed by atoms with van der Waals surface area (Å²) >= 11 is 0. The molecular formula is C12H17N3O. The largest absolute Gasteiger partial charge is 0.371 e. The van der Waals surface area contributed by atoms with Crippen molar-refractivity contribution in [3.05, 3.63) is 24.5 Å². The van der Waals surface area contributed by atoms with Gasteiger partial charge in [0, 0.05) is 44.1 Å². The Bertz CT molecular complexity index is 345. The molecule has 4 heteroatoms. The van der Waals surface area contributed by atoms with E-state index in [1.165, 1.54) is 5.69 Å². The van der Waals surface area contributed by atoms with Crippen LogP contribution in [0.5, 0.6) is 0 Å². The molecule has 1 aliphatic rings. The Balaban J connectivity index is 1.88. The maximum Gasteiger partial charge on any atom is 0.217 e. The lowest BCUT2D eigenvalue weighted by molar-refractivity contribution is -0.119. The van der Waals surface area contributed by atoms with E-state index in [2.05, 4.69) is 15.2 Å². The predicted octanol–water partition coefficient (Wildman–Crippen LogP) is 1.19. The molecule has 2 rings (SSSR count). The van der Waals surface area contributed by atoms with Crippen molar-refractivity contribution >= 4 is 11.6 Å². The SMILES string of the molecule is CC(=O)NC1CCN(c2ccncc2)CC1. The number of aromatic nitrogens is 1. The Labute approximate surface area is 95.7 Å². The van der Waals surface area contributed by atoms with Gasteiger partial charge in [-0.15, -0.1) is 0 Å². The van der Waals surface area contributed by atoms with Crippen LogP contribution in [0.25, 0.3) is 0 Å². The summed E-state index contributed by atoms with van der Waals surface area (Å²) in [5.74, 6) is 0.0716. The summed E-state index contributed by atoms with van der Waals surface area (Å²) in [7, 11) is 0. The van der Waals surface area contributed by atoms with Crippen molar-refractivity contribution in [3.63, 3.8) is 0 Å². The van der Waals surface area contributed by atoms with E-state index < -0.39 is 0 Å². The molecule has 1 aromatic heterocycles. The lowest BCUT2D eigenvalue weighted by Crippen LogP contribution is -2.44. The highest BCUT2D eigenvalue weighted by atomic mass is 16.1. The van der Waals surface area contributed by atoms with Gasteiger partial charge in [-0.05, 0) is 25.0 Å². The van der Waals surface area contributed by atoms with Gasteiger partial charge in [-0.2, -0.15) is 0 Å². The number of rotatable bonds is 2. The van der Waals surface area contributed by atoms with Crippen LogP contribution >= 0.6 is 0 Å². The number of carbonyl (C=O) groups is 1. The fraction of sp³-hybridized carbons (Fsp3) is 0.500. The molecule has 1 fully saturated rings. The van der Waals surface area contributed by atoms with E-state index in [0.29, 0.717) is 6.04 Å². The number of hydrogen-bond acceptors (Lipinski definition) is 3. The number of hydrogen-bond donors (Lipinski definition) is 1. The third-order valence-corrected chi connectivity index (χ3v) is 2.93. The van der Waals surface area contributed by atoms with Gasteiger partial charge in [0.1, 0.15) is 0 Å². The molecule has 86 valence electrons. The fourth-order valence-corrected chi connectivity index (χ4v) is 2.12. The molecular weight excluding hydrogens is 202 g/mol. The van der Waals surface area contributed by atoms with Crippen LogP contribution < -0.4 is 10.2 Å². The first-order valence-electron chi connectivity index (χ1n) is 5.68. The summed E-state index contributed by atoms with van der Waals surface area (Å²) in [6.07, 6.45) is 5.66. The summed E-state index contributed by atoms with van der Waals surface area (Å²) in [6, 6.07) is 4.40. The van der Waals surface area contributed by atoms with Gasteiger partial charge in [-0.25, -0.2) is 0 Å². The first-order valence-corrected chi connectivity index (χ1v) is 5.68. The van der Waals surface area contributed by atoms with Crippen LogP contribution in [-0.2, 0) is 4.79 Å². The lowest BCUT2D eigenvalue weighted by atomic mass is 10.0. The van der Waals surface area contributed by atoms with Crippen molar-refractivity contribution in [2.45, 2.75) is 25.8 Å². The topological polar surface area (TPSA) is 45.2 Å². The van der Waals surface area contributed by atoms with Crippen LogP contribution in [0.1, 0.15) is 19.8 Å². The van der Waals surface area contributed by atoms with E-state index in [0.717, 1.165) is 25.9 Å². The Hall–Kier alpha value is -1.58. The molecule has 4 nitrogen and oxygen atoms in total. The minimum absolute atomic E-state index is 0.0716. The second-order valence-corrected chi connectivity index (χ2v) is 4.17. The number of piperidine rings is 1. The van der Waals surface area contributed by atoms with Crippen LogP contribution in [0.4, 0.5) is 5.69 Å². The number of amides is 1. The Morgan fingerprint density at radius 1 is 1.38 bits per heavy atom. The first-order chi connectivity index (χ1) is 7.75. The van der Waals surface area contributed by atoms with Gasteiger partial charge in [0.15, 0.2) is 0 Å². The highest BCUT2D eigenvalue weighted by Gasteiger charge is 2.19. The number of nitrogens with zero attached hydrogens (tertiary/aromatic N) is 2. The molecule has 1 N–H and O–H groups in total. The predicted molar refractivity (Wildman–Crippen MR) is 63.3 cm³/mol. The van der Waals surface area contributed by atoms with Crippen LogP contribution in [0.3, 0.4) is 0 Å². The van der Waals surface area contributed by atoms with Gasteiger partial charge in [0.2, 0.25) is 5.91 Å².